The molecule has 0 N–H and O–H groups in total. The first-order valence-corrected chi connectivity index (χ1v) is 10.3. The van der Waals surface area contributed by atoms with Crippen LogP contribution >= 0.6 is 47.8 Å². The highest BCUT2D eigenvalue weighted by Gasteiger charge is 2.06. The third-order valence-electron chi connectivity index (χ3n) is 3.73. The zero-order valence-corrected chi connectivity index (χ0v) is 17.2. The van der Waals surface area contributed by atoms with Gasteiger partial charge in [0.15, 0.2) is 0 Å². The molecule has 0 saturated heterocycles. The van der Waals surface area contributed by atoms with Crippen molar-refractivity contribution in [1.82, 2.24) is 0 Å². The van der Waals surface area contributed by atoms with Crippen molar-refractivity contribution in [3.05, 3.63) is 82.3 Å². The Labute approximate surface area is 162 Å². The fourth-order valence-corrected chi connectivity index (χ4v) is 3.78. The fraction of sp³-hybridized carbons (Fsp3) is 0.100. The predicted molar refractivity (Wildman–Crippen MR) is 110 cm³/mol. The molecule has 0 aliphatic heterocycles. The van der Waals surface area contributed by atoms with Crippen LogP contribution in [0.2, 0.25) is 0 Å². The number of hydrogen-bond acceptors (Lipinski definition) is 0. The van der Waals surface area contributed by atoms with E-state index in [0.29, 0.717) is 0 Å². The van der Waals surface area contributed by atoms with Crippen LogP contribution in [0.5, 0.6) is 0 Å². The van der Waals surface area contributed by atoms with Crippen molar-refractivity contribution in [2.45, 2.75) is 10.7 Å². The Balaban J connectivity index is 2.08. The number of rotatable bonds is 4. The molecular weight excluding hydrogens is 480 g/mol. The highest BCUT2D eigenvalue weighted by Crippen LogP contribution is 2.31. The van der Waals surface area contributed by atoms with E-state index in [1.54, 1.807) is 0 Å². The third-order valence-corrected chi connectivity index (χ3v) is 5.48. The van der Waals surface area contributed by atoms with Gasteiger partial charge in [-0.3, -0.25) is 0 Å². The van der Waals surface area contributed by atoms with Gasteiger partial charge in [0.05, 0.1) is 0 Å². The van der Waals surface area contributed by atoms with E-state index in [9.17, 15) is 0 Å². The minimum Gasteiger partial charge on any atom is -0.0876 e. The lowest BCUT2D eigenvalue weighted by Gasteiger charge is -2.10. The predicted octanol–water partition coefficient (Wildman–Crippen LogP) is 7.57. The molecule has 3 aromatic rings. The summed E-state index contributed by atoms with van der Waals surface area (Å²) in [5.74, 6) is 0. The molecule has 0 heterocycles. The van der Waals surface area contributed by atoms with Gasteiger partial charge < -0.3 is 0 Å². The normalized spacial score (nSPS) is 10.7. The second kappa shape index (κ2) is 7.78. The lowest BCUT2D eigenvalue weighted by molar-refractivity contribution is 1.42. The van der Waals surface area contributed by atoms with Crippen LogP contribution in [0.4, 0.5) is 0 Å². The fourth-order valence-electron chi connectivity index (χ4n) is 2.59. The maximum Gasteiger partial charge on any atom is 0.0283 e. The van der Waals surface area contributed by atoms with Gasteiger partial charge in [-0.15, -0.1) is 0 Å². The molecule has 3 aromatic carbocycles. The first-order chi connectivity index (χ1) is 11.2. The Morgan fingerprint density at radius 1 is 0.565 bits per heavy atom. The summed E-state index contributed by atoms with van der Waals surface area (Å²) in [6.45, 7) is 0. The maximum atomic E-state index is 3.66. The monoisotopic (exact) mass is 492 g/mol. The van der Waals surface area contributed by atoms with Gasteiger partial charge in [0.2, 0.25) is 0 Å². The van der Waals surface area contributed by atoms with Gasteiger partial charge >= 0.3 is 0 Å². The van der Waals surface area contributed by atoms with E-state index in [1.165, 1.54) is 33.4 Å². The largest absolute Gasteiger partial charge is 0.0876 e. The van der Waals surface area contributed by atoms with Crippen molar-refractivity contribution in [2.24, 2.45) is 0 Å². The highest BCUT2D eigenvalue weighted by molar-refractivity contribution is 9.10. The molecule has 0 radical (unpaired) electrons. The van der Waals surface area contributed by atoms with E-state index in [1.807, 2.05) is 0 Å². The average molecular weight is 495 g/mol. The van der Waals surface area contributed by atoms with Gasteiger partial charge in [-0.2, -0.15) is 0 Å². The molecule has 0 unspecified atom stereocenters. The van der Waals surface area contributed by atoms with Crippen LogP contribution in [0.15, 0.2) is 71.2 Å². The summed E-state index contributed by atoms with van der Waals surface area (Å²) in [6, 6.07) is 23.9. The zero-order chi connectivity index (χ0) is 16.2. The van der Waals surface area contributed by atoms with Crippen LogP contribution < -0.4 is 0 Å². The van der Waals surface area contributed by atoms with Crippen molar-refractivity contribution in [3.8, 4) is 22.3 Å². The number of alkyl halides is 2. The molecule has 0 bridgehead atoms. The van der Waals surface area contributed by atoms with Gasteiger partial charge in [0.1, 0.15) is 0 Å². The van der Waals surface area contributed by atoms with Gasteiger partial charge in [-0.1, -0.05) is 96.3 Å². The van der Waals surface area contributed by atoms with Crippen molar-refractivity contribution in [1.29, 1.82) is 0 Å². The summed E-state index contributed by atoms with van der Waals surface area (Å²) in [4.78, 5) is 0. The first kappa shape index (κ1) is 16.9. The van der Waals surface area contributed by atoms with E-state index in [0.717, 1.165) is 15.1 Å². The molecule has 116 valence electrons. The second-order valence-corrected chi connectivity index (χ2v) is 7.43. The van der Waals surface area contributed by atoms with E-state index < -0.39 is 0 Å². The molecule has 0 aliphatic rings. The van der Waals surface area contributed by atoms with E-state index in [4.69, 9.17) is 0 Å². The van der Waals surface area contributed by atoms with Crippen LogP contribution in [-0.2, 0) is 10.7 Å². The van der Waals surface area contributed by atoms with E-state index >= 15 is 0 Å². The summed E-state index contributed by atoms with van der Waals surface area (Å²) < 4.78 is 1.10. The molecule has 0 aromatic heterocycles. The molecule has 0 atom stereocenters. The molecular formula is C20H15Br3. The molecule has 0 amide bonds. The first-order valence-electron chi connectivity index (χ1n) is 7.31. The van der Waals surface area contributed by atoms with Gasteiger partial charge in [0, 0.05) is 15.1 Å². The molecule has 0 spiro atoms. The Hall–Kier alpha value is -0.900. The molecule has 0 fully saturated rings. The Morgan fingerprint density at radius 2 is 1.04 bits per heavy atom. The Kier molecular flexibility index (Phi) is 5.73. The Bertz CT molecular complexity index is 759. The molecule has 0 aliphatic carbocycles. The number of benzene rings is 3. The standard InChI is InChI=1S/C20H15Br3/c21-12-14-3-1-5-16(7-14)18-9-19(11-20(23)10-18)17-6-2-4-15(8-17)13-22/h1-11H,12-13H2. The van der Waals surface area contributed by atoms with Crippen molar-refractivity contribution in [2.75, 3.05) is 0 Å². The van der Waals surface area contributed by atoms with Crippen LogP contribution in [0.3, 0.4) is 0 Å². The molecule has 3 heteroatoms. The van der Waals surface area contributed by atoms with Crippen LogP contribution in [0.1, 0.15) is 11.1 Å². The highest BCUT2D eigenvalue weighted by atomic mass is 79.9. The molecule has 23 heavy (non-hydrogen) atoms. The van der Waals surface area contributed by atoms with Gasteiger partial charge in [-0.25, -0.2) is 0 Å². The summed E-state index contributed by atoms with van der Waals surface area (Å²) >= 11 is 10.7. The minimum atomic E-state index is 0.870. The molecule has 0 saturated carbocycles. The van der Waals surface area contributed by atoms with Crippen LogP contribution in [0.25, 0.3) is 22.3 Å². The topological polar surface area (TPSA) is 0 Å². The van der Waals surface area contributed by atoms with Gasteiger partial charge in [-0.05, 0) is 51.6 Å². The van der Waals surface area contributed by atoms with Crippen molar-refractivity contribution in [3.63, 3.8) is 0 Å². The lowest BCUT2D eigenvalue weighted by Crippen LogP contribution is -1.86. The third kappa shape index (κ3) is 4.14. The van der Waals surface area contributed by atoms with Crippen LogP contribution in [0, 0.1) is 0 Å². The summed E-state index contributed by atoms with van der Waals surface area (Å²) in [7, 11) is 0. The van der Waals surface area contributed by atoms with Crippen LogP contribution in [-0.4, -0.2) is 0 Å². The van der Waals surface area contributed by atoms with E-state index in [-0.39, 0.29) is 0 Å². The maximum absolute atomic E-state index is 3.66. The lowest BCUT2D eigenvalue weighted by atomic mass is 9.97. The number of hydrogen-bond donors (Lipinski definition) is 0. The smallest absolute Gasteiger partial charge is 0.0283 e. The van der Waals surface area contributed by atoms with Crippen molar-refractivity contribution >= 4 is 47.8 Å². The van der Waals surface area contributed by atoms with E-state index in [2.05, 4.69) is 115 Å². The van der Waals surface area contributed by atoms with Crippen molar-refractivity contribution < 1.29 is 0 Å². The molecule has 0 nitrogen and oxygen atoms in total. The summed E-state index contributed by atoms with van der Waals surface area (Å²) in [5.41, 5.74) is 7.49. The SMILES string of the molecule is BrCc1cccc(-c2cc(Br)cc(-c3cccc(CBr)c3)c2)c1. The number of halogens is 3. The minimum absolute atomic E-state index is 0.870. The summed E-state index contributed by atoms with van der Waals surface area (Å²) in [5, 5.41) is 1.74. The Morgan fingerprint density at radius 3 is 1.48 bits per heavy atom. The average Bonchev–Trinajstić information content (AvgIpc) is 2.61. The zero-order valence-electron chi connectivity index (χ0n) is 12.4. The second-order valence-electron chi connectivity index (χ2n) is 5.40. The van der Waals surface area contributed by atoms with Gasteiger partial charge in [0.25, 0.3) is 0 Å². The quantitative estimate of drug-likeness (QED) is 0.328. The summed E-state index contributed by atoms with van der Waals surface area (Å²) in [6.07, 6.45) is 0. The molecule has 3 rings (SSSR count).